The second-order valence-electron chi connectivity index (χ2n) is 7.45. The molecule has 3 rings (SSSR count). The average molecular weight is 545 g/mol. The van der Waals surface area contributed by atoms with Crippen molar-refractivity contribution in [2.24, 2.45) is 0 Å². The van der Waals surface area contributed by atoms with Crippen LogP contribution in [0.4, 0.5) is 0 Å². The van der Waals surface area contributed by atoms with E-state index in [0.717, 1.165) is 10.7 Å². The fourth-order valence-electron chi connectivity index (χ4n) is 4.00. The van der Waals surface area contributed by atoms with Gasteiger partial charge in [0, 0.05) is 0 Å². The Morgan fingerprint density at radius 2 is 1.10 bits per heavy atom. The summed E-state index contributed by atoms with van der Waals surface area (Å²) in [5, 5.41) is -1.87. The summed E-state index contributed by atoms with van der Waals surface area (Å²) in [4.78, 5) is 33.9. The van der Waals surface area contributed by atoms with Crippen LogP contribution in [0.2, 0.25) is 0 Å². The van der Waals surface area contributed by atoms with Crippen molar-refractivity contribution in [3.8, 4) is 0 Å². The molecule has 2 N–H and O–H groups in total. The van der Waals surface area contributed by atoms with Crippen molar-refractivity contribution in [1.82, 2.24) is 0 Å². The maximum atomic E-state index is 13.6. The number of carbonyl (C=O) groups is 1. The van der Waals surface area contributed by atoms with Gasteiger partial charge in [0.05, 0.1) is 0 Å². The van der Waals surface area contributed by atoms with Crippen LogP contribution in [-0.2, 0) is 12.4 Å². The van der Waals surface area contributed by atoms with Crippen LogP contribution in [0.15, 0.2) is 91.0 Å². The van der Waals surface area contributed by atoms with Gasteiger partial charge in [0.25, 0.3) is 0 Å². The number of benzene rings is 3. The van der Waals surface area contributed by atoms with E-state index in [0.29, 0.717) is 0 Å². The third-order valence-corrected chi connectivity index (χ3v) is 19.0. The first-order valence-corrected chi connectivity index (χ1v) is 17.3. The molecule has 3 aromatic rings. The molecule has 0 fully saturated rings. The topological polar surface area (TPSA) is 83.8 Å². The third-order valence-electron chi connectivity index (χ3n) is 5.89. The number of carbonyl (C=O) groups excluding carboxylic acids is 1. The molecule has 0 aliphatic rings. The first-order valence-electron chi connectivity index (χ1n) is 10.3. The predicted octanol–water partition coefficient (Wildman–Crippen LogP) is 2.93. The van der Waals surface area contributed by atoms with Crippen molar-refractivity contribution < 1.29 is 22.2 Å². The van der Waals surface area contributed by atoms with Crippen molar-refractivity contribution in [3.63, 3.8) is 0 Å². The van der Waals surface area contributed by atoms with Crippen LogP contribution < -0.4 is 10.7 Å². The van der Waals surface area contributed by atoms with E-state index >= 15 is 0 Å². The molecule has 0 amide bonds. The van der Waals surface area contributed by atoms with Gasteiger partial charge in [-0.05, 0) is 0 Å². The van der Waals surface area contributed by atoms with Gasteiger partial charge in [0.15, 0.2) is 0 Å². The summed E-state index contributed by atoms with van der Waals surface area (Å²) in [6.07, 6.45) is -0.0140. The van der Waals surface area contributed by atoms with Crippen molar-refractivity contribution in [3.05, 3.63) is 91.0 Å². The Balaban J connectivity index is 2.31. The number of hydrogen-bond donors (Lipinski definition) is 2. The first-order chi connectivity index (χ1) is 14.8. The predicted molar refractivity (Wildman–Crippen MR) is 125 cm³/mol. The van der Waals surface area contributed by atoms with Crippen molar-refractivity contribution >= 4 is 43.1 Å². The van der Waals surface area contributed by atoms with Gasteiger partial charge in [0.1, 0.15) is 0 Å². The molecule has 0 spiro atoms. The average Bonchev–Trinajstić information content (AvgIpc) is 2.79. The fraction of sp³-hybridized carbons (Fsp3) is 0.208. The summed E-state index contributed by atoms with van der Waals surface area (Å²) >= 11 is -4.44. The van der Waals surface area contributed by atoms with E-state index < -0.39 is 37.5 Å². The van der Waals surface area contributed by atoms with E-state index in [1.807, 2.05) is 91.0 Å². The zero-order valence-corrected chi connectivity index (χ0v) is 21.4. The Labute approximate surface area is 187 Å². The summed E-state index contributed by atoms with van der Waals surface area (Å²) in [6, 6.07) is 28.8. The quantitative estimate of drug-likeness (QED) is 0.336. The molecular formula is C24H27O5PSn. The Morgan fingerprint density at radius 3 is 1.35 bits per heavy atom. The molecule has 0 bridgehead atoms. The minimum absolute atomic E-state index is 0.00701. The molecule has 0 atom stereocenters. The number of rotatable bonds is 8. The first kappa shape index (κ1) is 23.7. The Bertz CT molecular complexity index is 950. The third kappa shape index (κ3) is 4.37. The zero-order valence-electron chi connectivity index (χ0n) is 17.6. The van der Waals surface area contributed by atoms with Crippen LogP contribution in [-0.4, -0.2) is 39.7 Å². The molecule has 0 heterocycles. The summed E-state index contributed by atoms with van der Waals surface area (Å²) in [6.45, 7) is 3.24. The second kappa shape index (κ2) is 9.70. The van der Waals surface area contributed by atoms with Gasteiger partial charge >= 0.3 is 188 Å². The van der Waals surface area contributed by atoms with Crippen LogP contribution >= 0.6 is 7.60 Å². The van der Waals surface area contributed by atoms with E-state index in [-0.39, 0.29) is 12.8 Å². The Morgan fingerprint density at radius 1 is 0.774 bits per heavy atom. The van der Waals surface area contributed by atoms with E-state index in [4.69, 9.17) is 3.07 Å². The van der Waals surface area contributed by atoms with Crippen molar-refractivity contribution in [2.45, 2.75) is 31.8 Å². The summed E-state index contributed by atoms with van der Waals surface area (Å²) in [7, 11) is -4.76. The molecule has 31 heavy (non-hydrogen) atoms. The molecule has 162 valence electrons. The summed E-state index contributed by atoms with van der Waals surface area (Å²) in [5.41, 5.74) is 0. The van der Waals surface area contributed by atoms with Gasteiger partial charge in [-0.2, -0.15) is 0 Å². The van der Waals surface area contributed by atoms with E-state index in [2.05, 4.69) is 0 Å². The molecule has 0 aromatic heterocycles. The molecule has 0 saturated carbocycles. The molecule has 5 nitrogen and oxygen atoms in total. The van der Waals surface area contributed by atoms with Crippen LogP contribution in [0, 0.1) is 0 Å². The van der Waals surface area contributed by atoms with Gasteiger partial charge in [-0.3, -0.25) is 0 Å². The molecule has 0 saturated heterocycles. The molecule has 7 heteroatoms. The molecule has 0 radical (unpaired) electrons. The van der Waals surface area contributed by atoms with Gasteiger partial charge in [-0.15, -0.1) is 0 Å². The van der Waals surface area contributed by atoms with Crippen LogP contribution in [0.5, 0.6) is 0 Å². The molecular weight excluding hydrogens is 518 g/mol. The molecule has 3 aromatic carbocycles. The van der Waals surface area contributed by atoms with Gasteiger partial charge in [0.2, 0.25) is 0 Å². The van der Waals surface area contributed by atoms with Gasteiger partial charge in [-0.1, -0.05) is 0 Å². The van der Waals surface area contributed by atoms with Gasteiger partial charge in [-0.25, -0.2) is 0 Å². The summed E-state index contributed by atoms with van der Waals surface area (Å²) < 4.78 is 21.6. The SMILES string of the molecule is CCC(CC)(C(=O)[O][Sn]([c]1ccccc1)([c]1ccccc1)[c]1ccccc1)P(=O)(O)O. The molecule has 0 aliphatic heterocycles. The van der Waals surface area contributed by atoms with Gasteiger partial charge < -0.3 is 0 Å². The minimum atomic E-state index is -4.76. The van der Waals surface area contributed by atoms with Crippen molar-refractivity contribution in [2.75, 3.05) is 0 Å². The second-order valence-corrected chi connectivity index (χ2v) is 18.8. The fourth-order valence-corrected chi connectivity index (χ4v) is 16.2. The Hall–Kier alpha value is -1.92. The van der Waals surface area contributed by atoms with E-state index in [1.54, 1.807) is 13.8 Å². The summed E-state index contributed by atoms with van der Waals surface area (Å²) in [5.74, 6) is -0.821. The van der Waals surface area contributed by atoms with Crippen molar-refractivity contribution in [1.29, 1.82) is 0 Å². The standard InChI is InChI=1S/C6H13O5P.3C6H5.Sn/c1-3-6(4-2,5(7)8)12(9,10)11;3*1-2-4-6-5-3-1;/h3-4H2,1-2H3,(H,7,8)(H2,9,10,11);3*1-5H;/q;;;;+1/p-1. The Kier molecular flexibility index (Phi) is 7.42. The van der Waals surface area contributed by atoms with Crippen LogP contribution in [0.3, 0.4) is 0 Å². The number of hydrogen-bond acceptors (Lipinski definition) is 3. The van der Waals surface area contributed by atoms with E-state index in [1.165, 1.54) is 0 Å². The van der Waals surface area contributed by atoms with Crippen LogP contribution in [0.25, 0.3) is 0 Å². The maximum absolute atomic E-state index is 13.6. The normalized spacial score (nSPS) is 12.4. The van der Waals surface area contributed by atoms with E-state index in [9.17, 15) is 19.1 Å². The monoisotopic (exact) mass is 546 g/mol. The molecule has 0 unspecified atom stereocenters. The zero-order chi connectivity index (χ0) is 22.5. The molecule has 0 aliphatic carbocycles. The van der Waals surface area contributed by atoms with Crippen LogP contribution in [0.1, 0.15) is 26.7 Å².